The van der Waals surface area contributed by atoms with Gasteiger partial charge in [-0.05, 0) is 83.8 Å². The Balaban J connectivity index is 1.67. The van der Waals surface area contributed by atoms with Gasteiger partial charge in [0.1, 0.15) is 35.6 Å². The molecule has 1 aliphatic heterocycles. The van der Waals surface area contributed by atoms with Gasteiger partial charge in [0, 0.05) is 31.7 Å². The monoisotopic (exact) mass is 680 g/mol. The second kappa shape index (κ2) is 14.9. The Labute approximate surface area is 253 Å². The summed E-state index contributed by atoms with van der Waals surface area (Å²) in [7, 11) is 3.17. The van der Waals surface area contributed by atoms with E-state index >= 15 is 0 Å². The summed E-state index contributed by atoms with van der Waals surface area (Å²) in [6, 6.07) is 12.1. The van der Waals surface area contributed by atoms with Crippen LogP contribution in [0.1, 0.15) is 24.8 Å². The molecular formula is C30H37IN2O8. The van der Waals surface area contributed by atoms with Gasteiger partial charge in [-0.3, -0.25) is 9.59 Å². The van der Waals surface area contributed by atoms with Gasteiger partial charge in [0.25, 0.3) is 5.91 Å². The van der Waals surface area contributed by atoms with Gasteiger partial charge in [-0.15, -0.1) is 0 Å². The van der Waals surface area contributed by atoms with Gasteiger partial charge < -0.3 is 39.4 Å². The number of carbonyl (C=O) groups is 2. The number of rotatable bonds is 12. The number of ether oxygens (including phenoxy) is 4. The number of carbonyl (C=O) groups excluding carboxylic acids is 2. The van der Waals surface area contributed by atoms with Gasteiger partial charge in [-0.25, -0.2) is 0 Å². The SMILES string of the molecule is COc1ccc(OC)c(CCN(C(=O)C2CCCO2)C2CC(C(=O)NCCO)=CC(Oc3ccccc3I)C2O)c1. The van der Waals surface area contributed by atoms with E-state index < -0.39 is 24.4 Å². The van der Waals surface area contributed by atoms with Crippen LogP contribution in [0.2, 0.25) is 0 Å². The standard InChI is InChI=1S/C30H37IN2O8/c1-38-21-9-10-24(39-2)19(16-21)11-13-33(30(37)26-8-5-15-40-26)23-17-20(29(36)32-12-14-34)18-27(28(23)35)41-25-7-4-3-6-22(25)31/h3-4,6-7,9-10,16,18,23,26-28,34-35H,5,8,11-15,17H2,1-2H3,(H,32,36). The number of halogens is 1. The van der Waals surface area contributed by atoms with E-state index in [0.717, 1.165) is 15.6 Å². The van der Waals surface area contributed by atoms with E-state index in [1.807, 2.05) is 30.3 Å². The third-order valence-electron chi connectivity index (χ3n) is 7.31. The second-order valence-electron chi connectivity index (χ2n) is 9.91. The molecule has 2 aromatic carbocycles. The van der Waals surface area contributed by atoms with Crippen LogP contribution in [0.4, 0.5) is 0 Å². The third kappa shape index (κ3) is 7.70. The van der Waals surface area contributed by atoms with Crippen LogP contribution >= 0.6 is 22.6 Å². The summed E-state index contributed by atoms with van der Waals surface area (Å²) < 4.78 is 23.8. The summed E-state index contributed by atoms with van der Waals surface area (Å²) in [5, 5.41) is 23.6. The first-order valence-electron chi connectivity index (χ1n) is 13.7. The predicted octanol–water partition coefficient (Wildman–Crippen LogP) is 2.47. The van der Waals surface area contributed by atoms with E-state index in [1.54, 1.807) is 37.3 Å². The maximum Gasteiger partial charge on any atom is 0.252 e. The lowest BCUT2D eigenvalue weighted by molar-refractivity contribution is -0.148. The number of benzene rings is 2. The summed E-state index contributed by atoms with van der Waals surface area (Å²) >= 11 is 2.15. The fraction of sp³-hybridized carbons (Fsp3) is 0.467. The van der Waals surface area contributed by atoms with Gasteiger partial charge in [0.2, 0.25) is 5.91 Å². The van der Waals surface area contributed by atoms with Crippen LogP contribution in [0, 0.1) is 3.57 Å². The Hall–Kier alpha value is -2.87. The van der Waals surface area contributed by atoms with Crippen molar-refractivity contribution < 1.29 is 38.7 Å². The van der Waals surface area contributed by atoms with Crippen molar-refractivity contribution in [1.82, 2.24) is 10.2 Å². The molecule has 4 unspecified atom stereocenters. The predicted molar refractivity (Wildman–Crippen MR) is 160 cm³/mol. The van der Waals surface area contributed by atoms with E-state index in [1.165, 1.54) is 0 Å². The van der Waals surface area contributed by atoms with Gasteiger partial charge in [0.05, 0.1) is 30.4 Å². The molecule has 0 spiro atoms. The number of aliphatic hydroxyl groups is 2. The molecule has 2 aromatic rings. The largest absolute Gasteiger partial charge is 0.497 e. The Morgan fingerprint density at radius 3 is 2.63 bits per heavy atom. The Bertz CT molecular complexity index is 1230. The third-order valence-corrected chi connectivity index (χ3v) is 8.20. The van der Waals surface area contributed by atoms with Crippen LogP contribution < -0.4 is 19.5 Å². The highest BCUT2D eigenvalue weighted by atomic mass is 127. The topological polar surface area (TPSA) is 127 Å². The molecule has 1 fully saturated rings. The summed E-state index contributed by atoms with van der Waals surface area (Å²) in [4.78, 5) is 28.6. The molecule has 1 aliphatic carbocycles. The number of para-hydroxylation sites is 1. The van der Waals surface area contributed by atoms with Crippen molar-refractivity contribution in [1.29, 1.82) is 0 Å². The molecule has 4 atom stereocenters. The highest BCUT2D eigenvalue weighted by Crippen LogP contribution is 2.32. The van der Waals surface area contributed by atoms with Crippen molar-refractivity contribution in [3.63, 3.8) is 0 Å². The van der Waals surface area contributed by atoms with Crippen molar-refractivity contribution >= 4 is 34.4 Å². The molecule has 11 heteroatoms. The van der Waals surface area contributed by atoms with Crippen molar-refractivity contribution in [3.05, 3.63) is 63.2 Å². The fourth-order valence-electron chi connectivity index (χ4n) is 5.18. The minimum atomic E-state index is -1.13. The normalized spacial score (nSPS) is 22.0. The first kappa shape index (κ1) is 31.1. The number of nitrogens with one attached hydrogen (secondary N) is 1. The van der Waals surface area contributed by atoms with Crippen molar-refractivity contribution in [3.8, 4) is 17.2 Å². The Morgan fingerprint density at radius 2 is 1.95 bits per heavy atom. The lowest BCUT2D eigenvalue weighted by Crippen LogP contribution is -2.57. The number of hydrogen-bond acceptors (Lipinski definition) is 8. The van der Waals surface area contributed by atoms with Crippen LogP contribution in [0.15, 0.2) is 54.1 Å². The first-order chi connectivity index (χ1) is 19.9. The van der Waals surface area contributed by atoms with E-state index in [0.29, 0.717) is 42.3 Å². The molecule has 1 saturated heterocycles. The molecule has 0 aromatic heterocycles. The number of methoxy groups -OCH3 is 2. The fourth-order valence-corrected chi connectivity index (χ4v) is 5.70. The molecule has 0 radical (unpaired) electrons. The highest BCUT2D eigenvalue weighted by Gasteiger charge is 2.42. The smallest absolute Gasteiger partial charge is 0.252 e. The Morgan fingerprint density at radius 1 is 1.15 bits per heavy atom. The summed E-state index contributed by atoms with van der Waals surface area (Å²) in [6.07, 6.45) is 0.843. The van der Waals surface area contributed by atoms with Gasteiger partial charge in [0.15, 0.2) is 0 Å². The minimum absolute atomic E-state index is 0.0830. The van der Waals surface area contributed by atoms with Crippen LogP contribution in [0.25, 0.3) is 0 Å². The maximum atomic E-state index is 13.9. The van der Waals surface area contributed by atoms with Crippen molar-refractivity contribution in [2.24, 2.45) is 0 Å². The first-order valence-corrected chi connectivity index (χ1v) is 14.8. The average molecular weight is 681 g/mol. The lowest BCUT2D eigenvalue weighted by Gasteiger charge is -2.41. The summed E-state index contributed by atoms with van der Waals surface area (Å²) in [5.41, 5.74) is 1.21. The van der Waals surface area contributed by atoms with Gasteiger partial charge in [-0.2, -0.15) is 0 Å². The van der Waals surface area contributed by atoms with Gasteiger partial charge in [-0.1, -0.05) is 12.1 Å². The zero-order valence-electron chi connectivity index (χ0n) is 23.3. The molecule has 2 aliphatic rings. The van der Waals surface area contributed by atoms with E-state index in [4.69, 9.17) is 18.9 Å². The number of nitrogens with zero attached hydrogens (tertiary/aromatic N) is 1. The summed E-state index contributed by atoms with van der Waals surface area (Å²) in [5.74, 6) is 1.25. The molecular weight excluding hydrogens is 643 g/mol. The molecule has 0 saturated carbocycles. The van der Waals surface area contributed by atoms with Crippen LogP contribution in [-0.4, -0.2) is 91.8 Å². The quantitative estimate of drug-likeness (QED) is 0.292. The van der Waals surface area contributed by atoms with Crippen molar-refractivity contribution in [2.75, 3.05) is 40.5 Å². The van der Waals surface area contributed by atoms with E-state index in [2.05, 4.69) is 27.9 Å². The van der Waals surface area contributed by atoms with Crippen LogP contribution in [0.3, 0.4) is 0 Å². The van der Waals surface area contributed by atoms with Crippen LogP contribution in [0.5, 0.6) is 17.2 Å². The van der Waals surface area contributed by atoms with Crippen LogP contribution in [-0.2, 0) is 20.7 Å². The maximum absolute atomic E-state index is 13.9. The molecule has 41 heavy (non-hydrogen) atoms. The minimum Gasteiger partial charge on any atom is -0.497 e. The molecule has 3 N–H and O–H groups in total. The number of amides is 2. The average Bonchev–Trinajstić information content (AvgIpc) is 3.53. The number of hydrogen-bond donors (Lipinski definition) is 3. The molecule has 1 heterocycles. The highest BCUT2D eigenvalue weighted by molar-refractivity contribution is 14.1. The molecule has 10 nitrogen and oxygen atoms in total. The molecule has 0 bridgehead atoms. The lowest BCUT2D eigenvalue weighted by atomic mass is 9.87. The zero-order valence-corrected chi connectivity index (χ0v) is 25.4. The zero-order chi connectivity index (χ0) is 29.4. The van der Waals surface area contributed by atoms with E-state index in [9.17, 15) is 19.8 Å². The second-order valence-corrected chi connectivity index (χ2v) is 11.1. The summed E-state index contributed by atoms with van der Waals surface area (Å²) in [6.45, 7) is 0.609. The molecule has 222 valence electrons. The van der Waals surface area contributed by atoms with E-state index in [-0.39, 0.29) is 37.9 Å². The Kier molecular flexibility index (Phi) is 11.3. The number of aliphatic hydroxyl groups excluding tert-OH is 2. The molecule has 4 rings (SSSR count). The molecule has 2 amide bonds. The van der Waals surface area contributed by atoms with Gasteiger partial charge >= 0.3 is 0 Å². The van der Waals surface area contributed by atoms with Crippen molar-refractivity contribution in [2.45, 2.75) is 50.0 Å².